The quantitative estimate of drug-likeness (QED) is 0.862. The lowest BCUT2D eigenvalue weighted by Gasteiger charge is -2.29. The predicted octanol–water partition coefficient (Wildman–Crippen LogP) is 4.31. The number of nitrogens with one attached hydrogen (secondary N) is 1. The van der Waals surface area contributed by atoms with E-state index in [1.807, 2.05) is 11.3 Å². The van der Waals surface area contributed by atoms with Gasteiger partial charge < -0.3 is 10.4 Å². The molecular weight excluding hydrogens is 278 g/mol. The summed E-state index contributed by atoms with van der Waals surface area (Å²) in [7, 11) is 0. The van der Waals surface area contributed by atoms with Crippen molar-refractivity contribution in [2.45, 2.75) is 44.1 Å². The van der Waals surface area contributed by atoms with Crippen LogP contribution in [0.2, 0.25) is 0 Å². The maximum Gasteiger partial charge on any atom is 0.115 e. The molecule has 21 heavy (non-hydrogen) atoms. The van der Waals surface area contributed by atoms with Gasteiger partial charge in [-0.3, -0.25) is 0 Å². The molecule has 1 aliphatic rings. The first-order valence-electron chi connectivity index (χ1n) is 7.86. The van der Waals surface area contributed by atoms with Crippen molar-refractivity contribution in [2.24, 2.45) is 0 Å². The molecule has 2 aromatic rings. The summed E-state index contributed by atoms with van der Waals surface area (Å²) in [6.45, 7) is 1.09. The summed E-state index contributed by atoms with van der Waals surface area (Å²) in [4.78, 5) is 1.47. The second-order valence-electron chi connectivity index (χ2n) is 5.92. The zero-order valence-electron chi connectivity index (χ0n) is 12.3. The van der Waals surface area contributed by atoms with Crippen molar-refractivity contribution in [3.8, 4) is 5.75 Å². The second-order valence-corrected chi connectivity index (χ2v) is 6.96. The largest absolute Gasteiger partial charge is 0.508 e. The molecule has 1 fully saturated rings. The van der Waals surface area contributed by atoms with E-state index in [9.17, 15) is 5.11 Å². The van der Waals surface area contributed by atoms with E-state index in [-0.39, 0.29) is 0 Å². The van der Waals surface area contributed by atoms with Crippen LogP contribution in [-0.4, -0.2) is 17.7 Å². The first-order chi connectivity index (χ1) is 10.3. The molecule has 0 spiro atoms. The van der Waals surface area contributed by atoms with Crippen molar-refractivity contribution >= 4 is 11.3 Å². The van der Waals surface area contributed by atoms with Crippen molar-refractivity contribution in [2.75, 3.05) is 6.54 Å². The van der Waals surface area contributed by atoms with Crippen LogP contribution in [0.5, 0.6) is 5.75 Å². The van der Waals surface area contributed by atoms with Crippen LogP contribution in [0, 0.1) is 0 Å². The monoisotopic (exact) mass is 301 g/mol. The van der Waals surface area contributed by atoms with Gasteiger partial charge in [0.1, 0.15) is 5.75 Å². The summed E-state index contributed by atoms with van der Waals surface area (Å²) in [6.07, 6.45) is 6.17. The average molecular weight is 301 g/mol. The molecule has 3 heteroatoms. The Morgan fingerprint density at radius 3 is 2.48 bits per heavy atom. The molecule has 0 atom stereocenters. The van der Waals surface area contributed by atoms with Crippen LogP contribution in [0.1, 0.15) is 42.0 Å². The Morgan fingerprint density at radius 1 is 1.05 bits per heavy atom. The molecule has 0 saturated heterocycles. The zero-order valence-corrected chi connectivity index (χ0v) is 13.1. The van der Waals surface area contributed by atoms with Gasteiger partial charge in [-0.25, -0.2) is 0 Å². The minimum absolute atomic E-state index is 0.364. The predicted molar refractivity (Wildman–Crippen MR) is 89.1 cm³/mol. The molecule has 0 aliphatic heterocycles. The van der Waals surface area contributed by atoms with Crippen LogP contribution in [0.3, 0.4) is 0 Å². The molecule has 1 saturated carbocycles. The van der Waals surface area contributed by atoms with Gasteiger partial charge >= 0.3 is 0 Å². The summed E-state index contributed by atoms with van der Waals surface area (Å²) >= 11 is 1.85. The molecule has 2 nitrogen and oxygen atoms in total. The number of hydrogen-bond donors (Lipinski definition) is 2. The molecule has 3 rings (SSSR count). The Labute approximate surface area is 130 Å². The third-order valence-electron chi connectivity index (χ3n) is 4.48. The number of phenolic OH excluding ortho intramolecular Hbond substituents is 1. The van der Waals surface area contributed by atoms with Gasteiger partial charge in [0, 0.05) is 17.5 Å². The van der Waals surface area contributed by atoms with Gasteiger partial charge in [0.2, 0.25) is 0 Å². The molecule has 1 heterocycles. The third-order valence-corrected chi connectivity index (χ3v) is 5.41. The van der Waals surface area contributed by atoms with Crippen molar-refractivity contribution in [1.82, 2.24) is 5.32 Å². The lowest BCUT2D eigenvalue weighted by molar-refractivity contribution is 0.344. The number of rotatable bonds is 5. The highest BCUT2D eigenvalue weighted by Crippen LogP contribution is 2.33. The third kappa shape index (κ3) is 4.08. The fourth-order valence-corrected chi connectivity index (χ4v) is 3.94. The first-order valence-corrected chi connectivity index (χ1v) is 8.74. The normalized spacial score (nSPS) is 22.3. The van der Waals surface area contributed by atoms with Crippen molar-refractivity contribution in [1.29, 1.82) is 0 Å². The molecule has 0 amide bonds. The Morgan fingerprint density at radius 2 is 1.81 bits per heavy atom. The van der Waals surface area contributed by atoms with Gasteiger partial charge in [0.05, 0.1) is 0 Å². The van der Waals surface area contributed by atoms with Crippen LogP contribution in [0.25, 0.3) is 0 Å². The average Bonchev–Trinajstić information content (AvgIpc) is 3.02. The Hall–Kier alpha value is -1.32. The SMILES string of the molecule is Oc1ccc(C2CCC(NCCc3cccs3)CC2)cc1. The number of hydrogen-bond acceptors (Lipinski definition) is 3. The Bertz CT molecular complexity index is 527. The highest BCUT2D eigenvalue weighted by atomic mass is 32.1. The minimum Gasteiger partial charge on any atom is -0.508 e. The fourth-order valence-electron chi connectivity index (χ4n) is 3.23. The van der Waals surface area contributed by atoms with E-state index in [0.29, 0.717) is 17.7 Å². The smallest absolute Gasteiger partial charge is 0.115 e. The van der Waals surface area contributed by atoms with E-state index in [1.165, 1.54) is 36.1 Å². The van der Waals surface area contributed by atoms with Crippen LogP contribution in [-0.2, 0) is 6.42 Å². The highest BCUT2D eigenvalue weighted by Gasteiger charge is 2.21. The Kier molecular flexibility index (Phi) is 4.94. The molecule has 112 valence electrons. The van der Waals surface area contributed by atoms with Crippen molar-refractivity contribution < 1.29 is 5.11 Å². The van der Waals surface area contributed by atoms with Gasteiger partial charge in [0.15, 0.2) is 0 Å². The minimum atomic E-state index is 0.364. The van der Waals surface area contributed by atoms with Gasteiger partial charge in [-0.15, -0.1) is 11.3 Å². The van der Waals surface area contributed by atoms with E-state index in [1.54, 1.807) is 12.1 Å². The number of aromatic hydroxyl groups is 1. The van der Waals surface area contributed by atoms with Crippen molar-refractivity contribution in [3.05, 3.63) is 52.2 Å². The molecule has 1 aromatic carbocycles. The van der Waals surface area contributed by atoms with Gasteiger partial charge in [0.25, 0.3) is 0 Å². The van der Waals surface area contributed by atoms with Crippen LogP contribution >= 0.6 is 11.3 Å². The van der Waals surface area contributed by atoms with Gasteiger partial charge in [-0.1, -0.05) is 18.2 Å². The van der Waals surface area contributed by atoms with Gasteiger partial charge in [-0.05, 0) is 67.2 Å². The van der Waals surface area contributed by atoms with Crippen LogP contribution in [0.15, 0.2) is 41.8 Å². The molecule has 1 aliphatic carbocycles. The van der Waals surface area contributed by atoms with Crippen LogP contribution < -0.4 is 5.32 Å². The van der Waals surface area contributed by atoms with E-state index >= 15 is 0 Å². The van der Waals surface area contributed by atoms with E-state index in [2.05, 4.69) is 35.0 Å². The topological polar surface area (TPSA) is 32.3 Å². The Balaban J connectivity index is 1.41. The summed E-state index contributed by atoms with van der Waals surface area (Å²) in [5.74, 6) is 1.03. The summed E-state index contributed by atoms with van der Waals surface area (Å²) in [5, 5.41) is 15.2. The molecule has 1 aromatic heterocycles. The number of phenols is 1. The molecule has 2 N–H and O–H groups in total. The standard InChI is InChI=1S/C18H23NOS/c20-17-9-5-15(6-10-17)14-3-7-16(8-4-14)19-12-11-18-2-1-13-21-18/h1-2,5-6,9-10,13-14,16,19-20H,3-4,7-8,11-12H2. The second kappa shape index (κ2) is 7.10. The van der Waals surface area contributed by atoms with E-state index in [4.69, 9.17) is 0 Å². The molecule has 0 bridgehead atoms. The van der Waals surface area contributed by atoms with Crippen molar-refractivity contribution in [3.63, 3.8) is 0 Å². The summed E-state index contributed by atoms with van der Waals surface area (Å²) in [6, 6.07) is 12.8. The molecular formula is C18H23NOS. The van der Waals surface area contributed by atoms with Gasteiger partial charge in [-0.2, -0.15) is 0 Å². The first kappa shape index (κ1) is 14.6. The fraction of sp³-hybridized carbons (Fsp3) is 0.444. The maximum absolute atomic E-state index is 9.36. The molecule has 0 radical (unpaired) electrons. The van der Waals surface area contributed by atoms with E-state index < -0.39 is 0 Å². The van der Waals surface area contributed by atoms with E-state index in [0.717, 1.165) is 13.0 Å². The highest BCUT2D eigenvalue weighted by molar-refractivity contribution is 7.09. The summed E-state index contributed by atoms with van der Waals surface area (Å²) in [5.41, 5.74) is 1.38. The summed E-state index contributed by atoms with van der Waals surface area (Å²) < 4.78 is 0. The molecule has 0 unspecified atom stereocenters. The maximum atomic E-state index is 9.36. The lowest BCUT2D eigenvalue weighted by atomic mass is 9.82. The zero-order chi connectivity index (χ0) is 14.5. The van der Waals surface area contributed by atoms with Crippen LogP contribution in [0.4, 0.5) is 0 Å². The number of benzene rings is 1. The number of thiophene rings is 1. The lowest BCUT2D eigenvalue weighted by Crippen LogP contribution is -2.34.